The monoisotopic (exact) mass is 362 g/mol. The number of hydrogen-bond donors (Lipinski definition) is 0. The number of aliphatic carboxylic acids is 2. The van der Waals surface area contributed by atoms with Crippen LogP contribution >= 0.6 is 11.8 Å². The van der Waals surface area contributed by atoms with Gasteiger partial charge in [-0.15, -0.1) is 0 Å². The third kappa shape index (κ3) is 21.2. The van der Waals surface area contributed by atoms with Gasteiger partial charge in [-0.3, -0.25) is 0 Å². The molecule has 7 heteroatoms. The molecule has 0 saturated heterocycles. The molecule has 0 fully saturated rings. The maximum absolute atomic E-state index is 10.7. The van der Waals surface area contributed by atoms with Crippen LogP contribution in [0.5, 0.6) is 0 Å². The standard InChI is InChI=1S/C16H30O4S.2Na/c1-2-3-4-5-6-7-8-9-10-11-12-21-14(16(19)20)13-15(17)18;;/h14H,2-13H2,1H3,(H,17,18)(H,19,20);;/q;2*+1/p-2. The first-order chi connectivity index (χ1) is 10.1. The molecule has 23 heavy (non-hydrogen) atoms. The van der Waals surface area contributed by atoms with Gasteiger partial charge in [0.25, 0.3) is 0 Å². The van der Waals surface area contributed by atoms with E-state index in [1.54, 1.807) is 0 Å². The summed E-state index contributed by atoms with van der Waals surface area (Å²) in [7, 11) is 0. The van der Waals surface area contributed by atoms with Crippen molar-refractivity contribution in [1.82, 2.24) is 0 Å². The topological polar surface area (TPSA) is 80.3 Å². The molecule has 0 aromatic rings. The van der Waals surface area contributed by atoms with Crippen molar-refractivity contribution in [2.45, 2.75) is 82.8 Å². The molecule has 0 rings (SSSR count). The Morgan fingerprint density at radius 3 is 1.65 bits per heavy atom. The molecule has 0 saturated carbocycles. The Hall–Kier alpha value is 1.29. The van der Waals surface area contributed by atoms with Gasteiger partial charge in [-0.25, -0.2) is 0 Å². The quantitative estimate of drug-likeness (QED) is 0.219. The normalized spacial score (nSPS) is 11.2. The van der Waals surface area contributed by atoms with Crippen molar-refractivity contribution in [2.24, 2.45) is 0 Å². The minimum atomic E-state index is -1.33. The van der Waals surface area contributed by atoms with Crippen LogP contribution in [0.3, 0.4) is 0 Å². The van der Waals surface area contributed by atoms with Gasteiger partial charge >= 0.3 is 59.1 Å². The number of rotatable bonds is 15. The van der Waals surface area contributed by atoms with Crippen molar-refractivity contribution < 1.29 is 78.9 Å². The summed E-state index contributed by atoms with van der Waals surface area (Å²) in [5.41, 5.74) is 0. The molecule has 1 atom stereocenters. The van der Waals surface area contributed by atoms with Gasteiger partial charge in [-0.05, 0) is 12.2 Å². The van der Waals surface area contributed by atoms with Gasteiger partial charge in [-0.1, -0.05) is 64.7 Å². The van der Waals surface area contributed by atoms with Gasteiger partial charge < -0.3 is 19.8 Å². The van der Waals surface area contributed by atoms with Crippen LogP contribution in [0.2, 0.25) is 0 Å². The summed E-state index contributed by atoms with van der Waals surface area (Å²) >= 11 is 1.15. The van der Waals surface area contributed by atoms with Crippen LogP contribution in [-0.4, -0.2) is 22.9 Å². The summed E-state index contributed by atoms with van der Waals surface area (Å²) in [4.78, 5) is 21.1. The number of unbranched alkanes of at least 4 members (excludes halogenated alkanes) is 9. The zero-order valence-electron chi connectivity index (χ0n) is 15.1. The van der Waals surface area contributed by atoms with Crippen LogP contribution in [-0.2, 0) is 9.59 Å². The first kappa shape index (κ1) is 29.1. The Kier molecular flexibility index (Phi) is 27.0. The van der Waals surface area contributed by atoms with E-state index in [1.165, 1.54) is 51.4 Å². The van der Waals surface area contributed by atoms with E-state index in [0.29, 0.717) is 5.75 Å². The maximum atomic E-state index is 10.7. The second-order valence-electron chi connectivity index (χ2n) is 5.44. The average molecular weight is 362 g/mol. The van der Waals surface area contributed by atoms with Crippen molar-refractivity contribution in [3.63, 3.8) is 0 Å². The minimum Gasteiger partial charge on any atom is -0.550 e. The smallest absolute Gasteiger partial charge is 0.550 e. The summed E-state index contributed by atoms with van der Waals surface area (Å²) in [5.74, 6) is -1.97. The number of carbonyl (C=O) groups is 2. The summed E-state index contributed by atoms with van der Waals surface area (Å²) in [5, 5.41) is 20.1. The number of carbonyl (C=O) groups excluding carboxylic acids is 2. The molecular formula is C16H28Na2O4S. The van der Waals surface area contributed by atoms with E-state index in [-0.39, 0.29) is 59.1 Å². The first-order valence-electron chi connectivity index (χ1n) is 8.10. The van der Waals surface area contributed by atoms with E-state index in [2.05, 4.69) is 6.92 Å². The molecule has 0 aromatic heterocycles. The Labute approximate surface area is 189 Å². The molecule has 0 bridgehead atoms. The molecule has 0 amide bonds. The summed E-state index contributed by atoms with van der Waals surface area (Å²) in [6, 6.07) is 0. The Morgan fingerprint density at radius 1 is 0.826 bits per heavy atom. The van der Waals surface area contributed by atoms with E-state index in [0.717, 1.165) is 24.6 Å². The van der Waals surface area contributed by atoms with Crippen LogP contribution in [0.15, 0.2) is 0 Å². The fourth-order valence-electron chi connectivity index (χ4n) is 2.18. The molecule has 1 unspecified atom stereocenters. The number of thioether (sulfide) groups is 1. The fourth-order valence-corrected chi connectivity index (χ4v) is 3.22. The Bertz CT molecular complexity index is 291. The van der Waals surface area contributed by atoms with E-state index < -0.39 is 23.6 Å². The van der Waals surface area contributed by atoms with Gasteiger partial charge in [-0.2, -0.15) is 11.8 Å². The van der Waals surface area contributed by atoms with E-state index in [4.69, 9.17) is 0 Å². The minimum absolute atomic E-state index is 0. The molecule has 0 heterocycles. The molecule has 0 radical (unpaired) electrons. The SMILES string of the molecule is CCCCCCCCCCCCSC(CC(=O)[O-])C(=O)[O-].[Na+].[Na+]. The number of carboxylic acid groups (broad SMARTS) is 2. The Balaban J connectivity index is -0.00000200. The predicted octanol–water partition coefficient (Wildman–Crippen LogP) is -4.09. The van der Waals surface area contributed by atoms with Gasteiger partial charge in [0.05, 0.1) is 5.97 Å². The van der Waals surface area contributed by atoms with Crippen LogP contribution < -0.4 is 69.3 Å². The number of carboxylic acids is 2. The Morgan fingerprint density at radius 2 is 1.26 bits per heavy atom. The molecule has 0 aliphatic carbocycles. The zero-order valence-corrected chi connectivity index (χ0v) is 19.9. The molecule has 0 aliphatic heterocycles. The predicted molar refractivity (Wildman–Crippen MR) is 82.7 cm³/mol. The van der Waals surface area contributed by atoms with Gasteiger partial charge in [0, 0.05) is 17.6 Å². The van der Waals surface area contributed by atoms with Crippen LogP contribution in [0.25, 0.3) is 0 Å². The van der Waals surface area contributed by atoms with E-state index >= 15 is 0 Å². The average Bonchev–Trinajstić information content (AvgIpc) is 2.42. The molecule has 0 aromatic carbocycles. The molecular weight excluding hydrogens is 334 g/mol. The van der Waals surface area contributed by atoms with Crippen molar-refractivity contribution in [3.05, 3.63) is 0 Å². The molecule has 0 aliphatic rings. The van der Waals surface area contributed by atoms with Gasteiger partial charge in [0.2, 0.25) is 0 Å². The molecule has 0 N–H and O–H groups in total. The van der Waals surface area contributed by atoms with Crippen LogP contribution in [0.1, 0.15) is 77.6 Å². The molecule has 4 nitrogen and oxygen atoms in total. The summed E-state index contributed by atoms with van der Waals surface area (Å²) in [6.07, 6.45) is 11.8. The van der Waals surface area contributed by atoms with Crippen molar-refractivity contribution in [2.75, 3.05) is 5.75 Å². The second kappa shape index (κ2) is 21.3. The van der Waals surface area contributed by atoms with Gasteiger partial charge in [0.15, 0.2) is 0 Å². The third-order valence-corrected chi connectivity index (χ3v) is 4.72. The maximum Gasteiger partial charge on any atom is 1.00 e. The zero-order chi connectivity index (χ0) is 15.9. The van der Waals surface area contributed by atoms with Crippen molar-refractivity contribution in [3.8, 4) is 0 Å². The molecule has 0 spiro atoms. The van der Waals surface area contributed by atoms with Crippen molar-refractivity contribution >= 4 is 23.7 Å². The van der Waals surface area contributed by atoms with Crippen LogP contribution in [0, 0.1) is 0 Å². The fraction of sp³-hybridized carbons (Fsp3) is 0.875. The molecule has 124 valence electrons. The van der Waals surface area contributed by atoms with Crippen molar-refractivity contribution in [1.29, 1.82) is 0 Å². The summed E-state index contributed by atoms with van der Waals surface area (Å²) in [6.45, 7) is 2.22. The first-order valence-corrected chi connectivity index (χ1v) is 9.15. The number of hydrogen-bond acceptors (Lipinski definition) is 5. The summed E-state index contributed by atoms with van der Waals surface area (Å²) < 4.78 is 0. The van der Waals surface area contributed by atoms with Gasteiger partial charge in [0.1, 0.15) is 0 Å². The van der Waals surface area contributed by atoms with E-state index in [1.807, 2.05) is 0 Å². The third-order valence-electron chi connectivity index (χ3n) is 3.43. The largest absolute Gasteiger partial charge is 1.00 e. The van der Waals surface area contributed by atoms with E-state index in [9.17, 15) is 19.8 Å². The second-order valence-corrected chi connectivity index (χ2v) is 6.75. The van der Waals surface area contributed by atoms with Crippen LogP contribution in [0.4, 0.5) is 0 Å².